The second-order valence-electron chi connectivity index (χ2n) is 6.79. The van der Waals surface area contributed by atoms with E-state index in [2.05, 4.69) is 0 Å². The maximum Gasteiger partial charge on any atom is 0.229 e. The number of allylic oxidation sites excluding steroid dienone is 3. The van der Waals surface area contributed by atoms with Crippen LogP contribution in [0.4, 0.5) is 0 Å². The van der Waals surface area contributed by atoms with E-state index in [0.29, 0.717) is 11.3 Å². The minimum Gasteiger partial charge on any atom is -0.508 e. The first kappa shape index (κ1) is 19.8. The molecule has 1 aliphatic carbocycles. The Balaban J connectivity index is 1.84. The number of ketones is 1. The number of ether oxygens (including phenoxy) is 4. The van der Waals surface area contributed by atoms with Crippen LogP contribution in [0.5, 0.6) is 0 Å². The lowest BCUT2D eigenvalue weighted by Gasteiger charge is -2.42. The first-order chi connectivity index (χ1) is 12.8. The molecular weight excluding hydrogens is 360 g/mol. The number of carbonyl (C=O) groups is 1. The van der Waals surface area contributed by atoms with Gasteiger partial charge in [0.2, 0.25) is 6.29 Å². The Labute approximate surface area is 156 Å². The van der Waals surface area contributed by atoms with Gasteiger partial charge in [-0.15, -0.1) is 0 Å². The normalized spacial score (nSPS) is 39.3. The third-order valence-corrected chi connectivity index (χ3v) is 5.00. The van der Waals surface area contributed by atoms with Gasteiger partial charge >= 0.3 is 0 Å². The highest BCUT2D eigenvalue weighted by Crippen LogP contribution is 2.36. The number of aliphatic hydroxyl groups is 4. The number of rotatable bonds is 4. The van der Waals surface area contributed by atoms with Crippen molar-refractivity contribution in [3.63, 3.8) is 0 Å². The van der Waals surface area contributed by atoms with E-state index in [0.717, 1.165) is 0 Å². The van der Waals surface area contributed by atoms with Crippen LogP contribution < -0.4 is 0 Å². The number of hydrogen-bond acceptors (Lipinski definition) is 9. The molecule has 3 rings (SSSR count). The lowest BCUT2D eigenvalue weighted by Crippen LogP contribution is -2.59. The summed E-state index contributed by atoms with van der Waals surface area (Å²) < 4.78 is 21.8. The molecule has 0 aromatic carbocycles. The van der Waals surface area contributed by atoms with Gasteiger partial charge in [-0.05, 0) is 19.9 Å². The van der Waals surface area contributed by atoms with Crippen LogP contribution in [-0.4, -0.2) is 76.7 Å². The second kappa shape index (κ2) is 7.61. The van der Waals surface area contributed by atoms with Gasteiger partial charge in [0, 0.05) is 18.8 Å². The Kier molecular flexibility index (Phi) is 5.59. The molecule has 2 aliphatic heterocycles. The van der Waals surface area contributed by atoms with Crippen LogP contribution in [0, 0.1) is 5.92 Å². The van der Waals surface area contributed by atoms with Crippen molar-refractivity contribution in [2.45, 2.75) is 50.7 Å². The first-order valence-electron chi connectivity index (χ1n) is 8.61. The predicted molar refractivity (Wildman–Crippen MR) is 90.2 cm³/mol. The van der Waals surface area contributed by atoms with Crippen molar-refractivity contribution in [1.29, 1.82) is 0 Å². The Morgan fingerprint density at radius 2 is 1.93 bits per heavy atom. The molecule has 0 aromatic heterocycles. The fourth-order valence-electron chi connectivity index (χ4n) is 3.47. The van der Waals surface area contributed by atoms with Crippen LogP contribution in [0.1, 0.15) is 13.8 Å². The average molecular weight is 384 g/mol. The average Bonchev–Trinajstić information content (AvgIpc) is 2.63. The summed E-state index contributed by atoms with van der Waals surface area (Å²) in [7, 11) is 1.33. The highest BCUT2D eigenvalue weighted by molar-refractivity contribution is 5.95. The molecule has 27 heavy (non-hydrogen) atoms. The molecule has 0 saturated carbocycles. The Morgan fingerprint density at radius 3 is 2.56 bits per heavy atom. The Bertz CT molecular complexity index is 693. The van der Waals surface area contributed by atoms with Crippen LogP contribution in [0.2, 0.25) is 0 Å². The SMILES string of the molecule is COC1C(CO)OC(OC2=CC3C(=O)C=C(C)OC3C(O)=C2C)C(O)C1O. The highest BCUT2D eigenvalue weighted by atomic mass is 16.7. The van der Waals surface area contributed by atoms with E-state index in [-0.39, 0.29) is 17.3 Å². The van der Waals surface area contributed by atoms with E-state index in [9.17, 15) is 25.2 Å². The fraction of sp³-hybridized carbons (Fsp3) is 0.611. The summed E-state index contributed by atoms with van der Waals surface area (Å²) in [5.41, 5.74) is 0.318. The van der Waals surface area contributed by atoms with Gasteiger partial charge in [0.15, 0.2) is 11.9 Å². The molecule has 0 bridgehead atoms. The van der Waals surface area contributed by atoms with Crippen LogP contribution in [0.25, 0.3) is 0 Å². The monoisotopic (exact) mass is 384 g/mol. The van der Waals surface area contributed by atoms with Crippen LogP contribution in [0.3, 0.4) is 0 Å². The molecule has 0 amide bonds. The van der Waals surface area contributed by atoms with E-state index in [1.807, 2.05) is 0 Å². The molecule has 1 saturated heterocycles. The largest absolute Gasteiger partial charge is 0.508 e. The van der Waals surface area contributed by atoms with Gasteiger partial charge < -0.3 is 39.4 Å². The van der Waals surface area contributed by atoms with Gasteiger partial charge in [0.1, 0.15) is 35.9 Å². The highest BCUT2D eigenvalue weighted by Gasteiger charge is 2.47. The van der Waals surface area contributed by atoms with Crippen molar-refractivity contribution in [3.05, 3.63) is 35.0 Å². The first-order valence-corrected chi connectivity index (χ1v) is 8.61. The van der Waals surface area contributed by atoms with Crippen molar-refractivity contribution in [1.82, 2.24) is 0 Å². The Morgan fingerprint density at radius 1 is 1.22 bits per heavy atom. The molecule has 150 valence electrons. The van der Waals surface area contributed by atoms with Crippen LogP contribution >= 0.6 is 0 Å². The minimum atomic E-state index is -1.47. The van der Waals surface area contributed by atoms with Crippen molar-refractivity contribution in [2.75, 3.05) is 13.7 Å². The minimum absolute atomic E-state index is 0.127. The van der Waals surface area contributed by atoms with E-state index in [1.165, 1.54) is 19.3 Å². The molecule has 7 unspecified atom stereocenters. The maximum absolute atomic E-state index is 12.3. The van der Waals surface area contributed by atoms with E-state index < -0.39 is 49.3 Å². The van der Waals surface area contributed by atoms with Crippen molar-refractivity contribution >= 4 is 5.78 Å². The summed E-state index contributed by atoms with van der Waals surface area (Å²) >= 11 is 0. The van der Waals surface area contributed by atoms with Gasteiger partial charge in [0.25, 0.3) is 0 Å². The summed E-state index contributed by atoms with van der Waals surface area (Å²) in [6.45, 7) is 2.75. The molecule has 0 spiro atoms. The molecule has 2 heterocycles. The van der Waals surface area contributed by atoms with Gasteiger partial charge in [-0.1, -0.05) is 0 Å². The van der Waals surface area contributed by atoms with Gasteiger partial charge in [-0.2, -0.15) is 0 Å². The topological polar surface area (TPSA) is 135 Å². The number of carbonyl (C=O) groups excluding carboxylic acids is 1. The zero-order chi connectivity index (χ0) is 19.9. The lowest BCUT2D eigenvalue weighted by atomic mass is 9.86. The fourth-order valence-corrected chi connectivity index (χ4v) is 3.47. The standard InChI is InChI=1S/C18H24O9/c1-7-4-10(20)9-5-11(8(2)13(21)16(9)25-7)26-18-15(23)14(22)17(24-3)12(6-19)27-18/h4-5,9,12,14-19,21-23H,6H2,1-3H3. The Hall–Kier alpha value is -1.91. The van der Waals surface area contributed by atoms with Crippen LogP contribution in [0.15, 0.2) is 35.0 Å². The van der Waals surface area contributed by atoms with E-state index in [1.54, 1.807) is 13.8 Å². The molecule has 4 N–H and O–H groups in total. The van der Waals surface area contributed by atoms with E-state index in [4.69, 9.17) is 18.9 Å². The summed E-state index contributed by atoms with van der Waals surface area (Å²) in [4.78, 5) is 12.3. The number of aliphatic hydroxyl groups excluding tert-OH is 4. The molecular formula is C18H24O9. The quantitative estimate of drug-likeness (QED) is 0.514. The molecule has 9 heteroatoms. The molecule has 0 aromatic rings. The van der Waals surface area contributed by atoms with Crippen molar-refractivity contribution in [3.8, 4) is 0 Å². The van der Waals surface area contributed by atoms with Crippen molar-refractivity contribution < 1.29 is 44.2 Å². The number of fused-ring (bicyclic) bond motifs is 1. The zero-order valence-corrected chi connectivity index (χ0v) is 15.2. The molecule has 7 atom stereocenters. The van der Waals surface area contributed by atoms with E-state index >= 15 is 0 Å². The zero-order valence-electron chi connectivity index (χ0n) is 15.2. The third-order valence-electron chi connectivity index (χ3n) is 5.00. The molecule has 1 fully saturated rings. The van der Waals surface area contributed by atoms with Crippen molar-refractivity contribution in [2.24, 2.45) is 5.92 Å². The van der Waals surface area contributed by atoms with Gasteiger partial charge in [-0.25, -0.2) is 0 Å². The molecule has 3 aliphatic rings. The number of methoxy groups -OCH3 is 1. The smallest absolute Gasteiger partial charge is 0.229 e. The second-order valence-corrected chi connectivity index (χ2v) is 6.79. The van der Waals surface area contributed by atoms with Gasteiger partial charge in [-0.3, -0.25) is 4.79 Å². The third kappa shape index (κ3) is 3.48. The lowest BCUT2D eigenvalue weighted by molar-refractivity contribution is -0.294. The van der Waals surface area contributed by atoms with Gasteiger partial charge in [0.05, 0.1) is 18.3 Å². The predicted octanol–water partition coefficient (Wildman–Crippen LogP) is -0.326. The summed E-state index contributed by atoms with van der Waals surface area (Å²) in [5.74, 6) is -0.649. The molecule has 0 radical (unpaired) electrons. The summed E-state index contributed by atoms with van der Waals surface area (Å²) in [5, 5.41) is 40.4. The summed E-state index contributed by atoms with van der Waals surface area (Å²) in [6, 6.07) is 0. The number of hydrogen-bond donors (Lipinski definition) is 4. The molecule has 9 nitrogen and oxygen atoms in total. The summed E-state index contributed by atoms with van der Waals surface area (Å²) in [6.07, 6.45) is -4.00. The maximum atomic E-state index is 12.3. The van der Waals surface area contributed by atoms with Crippen LogP contribution in [-0.2, 0) is 23.7 Å².